The van der Waals surface area contributed by atoms with Gasteiger partial charge in [0, 0.05) is 11.8 Å². The summed E-state index contributed by atoms with van der Waals surface area (Å²) in [5, 5.41) is 5.37. The van der Waals surface area contributed by atoms with Crippen molar-refractivity contribution in [3.05, 3.63) is 48.0 Å². The van der Waals surface area contributed by atoms with Gasteiger partial charge in [0.25, 0.3) is 17.4 Å². The molecule has 0 bridgehead atoms. The highest BCUT2D eigenvalue weighted by molar-refractivity contribution is 6.14. The van der Waals surface area contributed by atoms with Gasteiger partial charge < -0.3 is 24.8 Å². The van der Waals surface area contributed by atoms with Gasteiger partial charge in [-0.3, -0.25) is 9.59 Å². The van der Waals surface area contributed by atoms with Crippen molar-refractivity contribution in [3.63, 3.8) is 0 Å². The number of benzene rings is 2. The molecule has 0 unspecified atom stereocenters. The van der Waals surface area contributed by atoms with Crippen molar-refractivity contribution in [2.24, 2.45) is 0 Å². The van der Waals surface area contributed by atoms with Crippen LogP contribution in [0.4, 0.5) is 11.4 Å². The molecule has 1 aliphatic heterocycles. The summed E-state index contributed by atoms with van der Waals surface area (Å²) < 4.78 is 15.8. The molecule has 0 saturated heterocycles. The Kier molecular flexibility index (Phi) is 5.21. The third-order valence-electron chi connectivity index (χ3n) is 4.25. The van der Waals surface area contributed by atoms with Gasteiger partial charge in [0.1, 0.15) is 11.5 Å². The number of nitrogens with one attached hydrogen (secondary N) is 2. The molecule has 0 aliphatic carbocycles. The van der Waals surface area contributed by atoms with Gasteiger partial charge in [0.05, 0.1) is 25.0 Å². The fourth-order valence-electron chi connectivity index (χ4n) is 2.73. The van der Waals surface area contributed by atoms with Crippen LogP contribution in [0.25, 0.3) is 0 Å². The summed E-state index contributed by atoms with van der Waals surface area (Å²) in [5.41, 5.74) is -0.624. The van der Waals surface area contributed by atoms with E-state index >= 15 is 0 Å². The van der Waals surface area contributed by atoms with Crippen LogP contribution in [0.2, 0.25) is 0 Å². The average Bonchev–Trinajstić information content (AvgIpc) is 2.69. The molecule has 2 N–H and O–H groups in total. The summed E-state index contributed by atoms with van der Waals surface area (Å²) in [6.45, 7) is 3.09. The Labute approximate surface area is 161 Å². The molecule has 2 aromatic rings. The zero-order valence-corrected chi connectivity index (χ0v) is 15.7. The molecule has 2 amide bonds. The molecule has 0 radical (unpaired) electrons. The van der Waals surface area contributed by atoms with Gasteiger partial charge in [-0.25, -0.2) is 4.79 Å². The molecule has 1 heterocycles. The Morgan fingerprint density at radius 3 is 2.68 bits per heavy atom. The second kappa shape index (κ2) is 7.59. The molecule has 28 heavy (non-hydrogen) atoms. The molecule has 0 spiro atoms. The number of para-hydroxylation sites is 1. The fourth-order valence-corrected chi connectivity index (χ4v) is 2.73. The predicted octanol–water partition coefficient (Wildman–Crippen LogP) is 2.60. The van der Waals surface area contributed by atoms with Crippen LogP contribution in [-0.2, 0) is 14.3 Å². The quantitative estimate of drug-likeness (QED) is 0.607. The molecule has 8 nitrogen and oxygen atoms in total. The smallest absolute Gasteiger partial charge is 0.360 e. The van der Waals surface area contributed by atoms with Gasteiger partial charge in [-0.15, -0.1) is 0 Å². The number of hydrogen-bond acceptors (Lipinski definition) is 6. The topological polar surface area (TPSA) is 103 Å². The van der Waals surface area contributed by atoms with E-state index in [2.05, 4.69) is 10.6 Å². The van der Waals surface area contributed by atoms with Crippen molar-refractivity contribution in [1.29, 1.82) is 0 Å². The van der Waals surface area contributed by atoms with E-state index < -0.39 is 17.5 Å². The first-order valence-corrected chi connectivity index (χ1v) is 8.65. The number of rotatable bonds is 5. The third-order valence-corrected chi connectivity index (χ3v) is 4.25. The molecule has 2 aromatic carbocycles. The van der Waals surface area contributed by atoms with Crippen molar-refractivity contribution in [3.8, 4) is 11.5 Å². The van der Waals surface area contributed by atoms with Crippen LogP contribution in [0, 0.1) is 0 Å². The Balaban J connectivity index is 1.85. The highest BCUT2D eigenvalue weighted by atomic mass is 16.6. The second-order valence-electron chi connectivity index (χ2n) is 6.18. The first kappa shape index (κ1) is 19.2. The molecule has 1 atom stereocenters. The Hall–Kier alpha value is -3.55. The first-order chi connectivity index (χ1) is 13.4. The summed E-state index contributed by atoms with van der Waals surface area (Å²) >= 11 is 0. The number of carbonyl (C=O) groups is 3. The Bertz CT molecular complexity index is 942. The number of ether oxygens (including phenoxy) is 3. The minimum atomic E-state index is -1.81. The molecule has 0 aromatic heterocycles. The maximum atomic E-state index is 12.6. The van der Waals surface area contributed by atoms with Crippen molar-refractivity contribution >= 4 is 29.2 Å². The average molecular weight is 384 g/mol. The normalized spacial score (nSPS) is 17.6. The molecule has 0 saturated carbocycles. The van der Waals surface area contributed by atoms with Gasteiger partial charge in [0.2, 0.25) is 0 Å². The van der Waals surface area contributed by atoms with Crippen LogP contribution in [0.1, 0.15) is 24.2 Å². The minimum Gasteiger partial charge on any atom is -0.496 e. The van der Waals surface area contributed by atoms with Gasteiger partial charge in [-0.05, 0) is 38.1 Å². The first-order valence-electron chi connectivity index (χ1n) is 8.65. The van der Waals surface area contributed by atoms with Crippen molar-refractivity contribution in [2.75, 3.05) is 24.4 Å². The van der Waals surface area contributed by atoms with E-state index in [0.29, 0.717) is 22.7 Å². The van der Waals surface area contributed by atoms with E-state index in [4.69, 9.17) is 14.2 Å². The summed E-state index contributed by atoms with van der Waals surface area (Å²) in [6, 6.07) is 11.5. The standard InChI is InChI=1S/C20H20N2O6/c1-4-27-19(25)20(2)18(24)22-14-10-9-12(11-16(14)28-20)21-17(23)13-7-5-6-8-15(13)26-3/h5-11H,4H2,1-3H3,(H,21,23)(H,22,24)/t20-/m0/s1. The maximum Gasteiger partial charge on any atom is 0.360 e. The monoisotopic (exact) mass is 384 g/mol. The second-order valence-corrected chi connectivity index (χ2v) is 6.18. The lowest BCUT2D eigenvalue weighted by Crippen LogP contribution is -2.55. The molecule has 3 rings (SSSR count). The van der Waals surface area contributed by atoms with E-state index in [0.717, 1.165) is 0 Å². The Morgan fingerprint density at radius 1 is 1.21 bits per heavy atom. The maximum absolute atomic E-state index is 12.6. The zero-order chi connectivity index (χ0) is 20.3. The van der Waals surface area contributed by atoms with E-state index in [1.807, 2.05) is 0 Å². The van der Waals surface area contributed by atoms with Gasteiger partial charge in [-0.1, -0.05) is 12.1 Å². The molecular formula is C20H20N2O6. The number of hydrogen-bond donors (Lipinski definition) is 2. The molecule has 146 valence electrons. The third kappa shape index (κ3) is 3.48. The lowest BCUT2D eigenvalue weighted by atomic mass is 10.0. The molecule has 0 fully saturated rings. The van der Waals surface area contributed by atoms with Crippen LogP contribution in [-0.4, -0.2) is 37.1 Å². The van der Waals surface area contributed by atoms with Crippen LogP contribution in [0.15, 0.2) is 42.5 Å². The largest absolute Gasteiger partial charge is 0.496 e. The number of fused-ring (bicyclic) bond motifs is 1. The summed E-state index contributed by atoms with van der Waals surface area (Å²) in [4.78, 5) is 37.0. The number of amides is 2. The summed E-state index contributed by atoms with van der Waals surface area (Å²) in [7, 11) is 1.48. The van der Waals surface area contributed by atoms with Crippen molar-refractivity contribution < 1.29 is 28.6 Å². The van der Waals surface area contributed by atoms with Gasteiger partial charge in [0.15, 0.2) is 0 Å². The number of methoxy groups -OCH3 is 1. The van der Waals surface area contributed by atoms with Gasteiger partial charge >= 0.3 is 5.97 Å². The minimum absolute atomic E-state index is 0.118. The summed E-state index contributed by atoms with van der Waals surface area (Å²) in [6.07, 6.45) is 0. The highest BCUT2D eigenvalue weighted by Crippen LogP contribution is 2.36. The van der Waals surface area contributed by atoms with Crippen LogP contribution in [0.3, 0.4) is 0 Å². The number of carbonyl (C=O) groups excluding carboxylic acids is 3. The SMILES string of the molecule is CCOC(=O)[C@@]1(C)Oc2cc(NC(=O)c3ccccc3OC)ccc2NC1=O. The van der Waals surface area contributed by atoms with E-state index in [1.165, 1.54) is 20.1 Å². The zero-order valence-electron chi connectivity index (χ0n) is 15.7. The Morgan fingerprint density at radius 2 is 1.96 bits per heavy atom. The summed E-state index contributed by atoms with van der Waals surface area (Å²) in [5.74, 6) is -1.10. The van der Waals surface area contributed by atoms with Crippen LogP contribution in [0.5, 0.6) is 11.5 Å². The molecule has 1 aliphatic rings. The lowest BCUT2D eigenvalue weighted by molar-refractivity contribution is -0.165. The number of anilines is 2. The van der Waals surface area contributed by atoms with Crippen molar-refractivity contribution in [2.45, 2.75) is 19.4 Å². The number of esters is 1. The van der Waals surface area contributed by atoms with E-state index in [-0.39, 0.29) is 18.3 Å². The van der Waals surface area contributed by atoms with E-state index in [1.54, 1.807) is 43.3 Å². The van der Waals surface area contributed by atoms with Crippen LogP contribution >= 0.6 is 0 Å². The lowest BCUT2D eigenvalue weighted by Gasteiger charge is -2.32. The van der Waals surface area contributed by atoms with Crippen LogP contribution < -0.4 is 20.1 Å². The fraction of sp³-hybridized carbons (Fsp3) is 0.250. The van der Waals surface area contributed by atoms with Gasteiger partial charge in [-0.2, -0.15) is 0 Å². The van der Waals surface area contributed by atoms with Crippen molar-refractivity contribution in [1.82, 2.24) is 0 Å². The molecule has 8 heteroatoms. The molecular weight excluding hydrogens is 364 g/mol. The predicted molar refractivity (Wildman–Crippen MR) is 102 cm³/mol. The van der Waals surface area contributed by atoms with E-state index in [9.17, 15) is 14.4 Å². The highest BCUT2D eigenvalue weighted by Gasteiger charge is 2.48.